The molecule has 0 N–H and O–H groups in total. The number of rotatable bonds is 0. The van der Waals surface area contributed by atoms with Gasteiger partial charge in [0.25, 0.3) is 11.8 Å². The maximum Gasteiger partial charge on any atom is 0.418 e. The lowest BCUT2D eigenvalue weighted by Crippen LogP contribution is -2.47. The van der Waals surface area contributed by atoms with Gasteiger partial charge in [-0.25, -0.2) is 17.6 Å². The van der Waals surface area contributed by atoms with E-state index >= 15 is 0 Å². The fraction of sp³-hybridized carbons (Fsp3) is 0.714. The molecule has 0 aromatic rings. The molecule has 100 valence electrons. The van der Waals surface area contributed by atoms with Gasteiger partial charge in [0.05, 0.1) is 0 Å². The Hall–Kier alpha value is -0.960. The summed E-state index contributed by atoms with van der Waals surface area (Å²) in [5.41, 5.74) is -3.17. The smallest absolute Gasteiger partial charge is 0.201 e. The van der Waals surface area contributed by atoms with E-state index in [-0.39, 0.29) is 0 Å². The van der Waals surface area contributed by atoms with Gasteiger partial charge in [-0.15, -0.1) is 0 Å². The predicted octanol–water partition coefficient (Wildman–Crippen LogP) is 3.94. The second kappa shape index (κ2) is 3.29. The van der Waals surface area contributed by atoms with Crippen molar-refractivity contribution < 1.29 is 43.9 Å². The lowest BCUT2D eigenvalue weighted by atomic mass is 9.97. The highest BCUT2D eigenvalue weighted by molar-refractivity contribution is 5.33. The van der Waals surface area contributed by atoms with E-state index in [0.29, 0.717) is 0 Å². The van der Waals surface area contributed by atoms with Crippen molar-refractivity contribution in [1.82, 2.24) is 0 Å². The number of hydrogen-bond acceptors (Lipinski definition) is 0. The van der Waals surface area contributed by atoms with Crippen LogP contribution in [-0.4, -0.2) is 24.2 Å². The zero-order chi connectivity index (χ0) is 13.9. The molecule has 0 spiro atoms. The Morgan fingerprint density at radius 1 is 0.882 bits per heavy atom. The SMILES string of the molecule is FC(F)(F)C1=CC(F)(F)C(C(F)(F)F)C1(F)F. The Labute approximate surface area is 86.9 Å². The highest BCUT2D eigenvalue weighted by atomic mass is 19.4. The molecule has 1 atom stereocenters. The molecule has 0 heterocycles. The van der Waals surface area contributed by atoms with Crippen LogP contribution in [0.15, 0.2) is 11.6 Å². The van der Waals surface area contributed by atoms with Crippen molar-refractivity contribution in [2.75, 3.05) is 0 Å². The molecule has 17 heavy (non-hydrogen) atoms. The van der Waals surface area contributed by atoms with Crippen LogP contribution in [0.5, 0.6) is 0 Å². The van der Waals surface area contributed by atoms with Gasteiger partial charge in [-0.3, -0.25) is 0 Å². The van der Waals surface area contributed by atoms with Crippen LogP contribution < -0.4 is 0 Å². The van der Waals surface area contributed by atoms with Crippen molar-refractivity contribution in [1.29, 1.82) is 0 Å². The summed E-state index contributed by atoms with van der Waals surface area (Å²) in [6, 6.07) is 0. The quantitative estimate of drug-likeness (QED) is 0.464. The number of hydrogen-bond donors (Lipinski definition) is 0. The minimum atomic E-state index is -6.16. The fourth-order valence-electron chi connectivity index (χ4n) is 1.46. The minimum Gasteiger partial charge on any atom is -0.201 e. The molecule has 0 saturated heterocycles. The van der Waals surface area contributed by atoms with Crippen molar-refractivity contribution in [2.24, 2.45) is 5.92 Å². The van der Waals surface area contributed by atoms with Crippen molar-refractivity contribution in [3.8, 4) is 0 Å². The number of halogens is 10. The molecule has 1 aliphatic rings. The van der Waals surface area contributed by atoms with Crippen molar-refractivity contribution in [3.63, 3.8) is 0 Å². The van der Waals surface area contributed by atoms with Gasteiger partial charge in [0.2, 0.25) is 0 Å². The maximum absolute atomic E-state index is 12.8. The first-order chi connectivity index (χ1) is 7.21. The van der Waals surface area contributed by atoms with Gasteiger partial charge >= 0.3 is 12.4 Å². The van der Waals surface area contributed by atoms with Crippen LogP contribution in [0, 0.1) is 5.92 Å². The van der Waals surface area contributed by atoms with E-state index < -0.39 is 41.8 Å². The molecule has 0 nitrogen and oxygen atoms in total. The summed E-state index contributed by atoms with van der Waals surface area (Å²) in [7, 11) is 0. The van der Waals surface area contributed by atoms with E-state index in [1.807, 2.05) is 0 Å². The Bertz CT molecular complexity index is 343. The van der Waals surface area contributed by atoms with Crippen molar-refractivity contribution in [2.45, 2.75) is 24.2 Å². The Morgan fingerprint density at radius 2 is 1.29 bits per heavy atom. The summed E-state index contributed by atoms with van der Waals surface area (Å²) in [6.45, 7) is 0. The van der Waals surface area contributed by atoms with E-state index in [4.69, 9.17) is 0 Å². The number of allylic oxidation sites excluding steroid dienone is 2. The van der Waals surface area contributed by atoms with Crippen LogP contribution in [0.3, 0.4) is 0 Å². The molecule has 0 saturated carbocycles. The van der Waals surface area contributed by atoms with Gasteiger partial charge in [0.1, 0.15) is 5.57 Å². The van der Waals surface area contributed by atoms with Crippen LogP contribution in [0.2, 0.25) is 0 Å². The van der Waals surface area contributed by atoms with E-state index in [2.05, 4.69) is 0 Å². The molecule has 0 aromatic carbocycles. The first-order valence-corrected chi connectivity index (χ1v) is 3.83. The lowest BCUT2D eigenvalue weighted by Gasteiger charge is -2.27. The van der Waals surface area contributed by atoms with E-state index in [9.17, 15) is 43.9 Å². The third-order valence-corrected chi connectivity index (χ3v) is 2.08. The fourth-order valence-corrected chi connectivity index (χ4v) is 1.46. The Balaban J connectivity index is 3.35. The Kier molecular flexibility index (Phi) is 2.73. The van der Waals surface area contributed by atoms with Crippen LogP contribution in [0.1, 0.15) is 0 Å². The van der Waals surface area contributed by atoms with Gasteiger partial charge in [-0.2, -0.15) is 26.3 Å². The summed E-state index contributed by atoms with van der Waals surface area (Å²) >= 11 is 0. The normalized spacial score (nSPS) is 28.1. The molecule has 0 bridgehead atoms. The molecule has 0 aromatic heterocycles. The lowest BCUT2D eigenvalue weighted by molar-refractivity contribution is -0.277. The largest absolute Gasteiger partial charge is 0.418 e. The molecule has 0 radical (unpaired) electrons. The second-order valence-electron chi connectivity index (χ2n) is 3.33. The first-order valence-electron chi connectivity index (χ1n) is 3.83. The average molecular weight is 276 g/mol. The predicted molar refractivity (Wildman–Crippen MR) is 33.6 cm³/mol. The monoisotopic (exact) mass is 276 g/mol. The third kappa shape index (κ3) is 2.21. The van der Waals surface area contributed by atoms with Gasteiger partial charge in [0, 0.05) is 0 Å². The zero-order valence-electron chi connectivity index (χ0n) is 7.43. The average Bonchev–Trinajstić information content (AvgIpc) is 2.12. The molecular formula is C7H2F10. The summed E-state index contributed by atoms with van der Waals surface area (Å²) in [5.74, 6) is -15.7. The van der Waals surface area contributed by atoms with Gasteiger partial charge < -0.3 is 0 Å². The van der Waals surface area contributed by atoms with Gasteiger partial charge in [-0.05, 0) is 6.08 Å². The Morgan fingerprint density at radius 3 is 1.47 bits per heavy atom. The maximum atomic E-state index is 12.8. The van der Waals surface area contributed by atoms with Crippen LogP contribution in [0.25, 0.3) is 0 Å². The van der Waals surface area contributed by atoms with E-state index in [1.165, 1.54) is 0 Å². The molecule has 1 aliphatic carbocycles. The molecule has 0 fully saturated rings. The summed E-state index contributed by atoms with van der Waals surface area (Å²) in [5, 5.41) is 0. The minimum absolute atomic E-state index is 1.37. The third-order valence-electron chi connectivity index (χ3n) is 2.08. The second-order valence-corrected chi connectivity index (χ2v) is 3.33. The van der Waals surface area contributed by atoms with Crippen LogP contribution >= 0.6 is 0 Å². The highest BCUT2D eigenvalue weighted by Gasteiger charge is 2.75. The van der Waals surface area contributed by atoms with Gasteiger partial charge in [-0.1, -0.05) is 0 Å². The summed E-state index contributed by atoms with van der Waals surface area (Å²) < 4.78 is 122. The van der Waals surface area contributed by atoms with Gasteiger partial charge in [0.15, 0.2) is 5.92 Å². The topological polar surface area (TPSA) is 0 Å². The molecule has 0 aliphatic heterocycles. The first kappa shape index (κ1) is 14.1. The van der Waals surface area contributed by atoms with Crippen LogP contribution in [-0.2, 0) is 0 Å². The van der Waals surface area contributed by atoms with Crippen molar-refractivity contribution in [3.05, 3.63) is 11.6 Å². The van der Waals surface area contributed by atoms with E-state index in [0.717, 1.165) is 0 Å². The molecule has 1 unspecified atom stereocenters. The van der Waals surface area contributed by atoms with E-state index in [1.54, 1.807) is 0 Å². The standard InChI is InChI=1S/C7H2F10/c8-4(9)1-2(6(12,13)14)5(10,11)3(4)7(15,16)17/h1,3H. The molecular weight excluding hydrogens is 274 g/mol. The summed E-state index contributed by atoms with van der Waals surface area (Å²) in [4.78, 5) is 0. The molecule has 0 amide bonds. The molecule has 1 rings (SSSR count). The molecule has 10 heteroatoms. The number of alkyl halides is 10. The zero-order valence-corrected chi connectivity index (χ0v) is 7.43. The highest BCUT2D eigenvalue weighted by Crippen LogP contribution is 2.59. The van der Waals surface area contributed by atoms with Crippen molar-refractivity contribution >= 4 is 0 Å². The summed E-state index contributed by atoms with van der Waals surface area (Å²) in [6.07, 6.45) is -13.5. The van der Waals surface area contributed by atoms with Crippen LogP contribution in [0.4, 0.5) is 43.9 Å².